The lowest BCUT2D eigenvalue weighted by molar-refractivity contribution is -0.128. The molecule has 3 rings (SSSR count). The summed E-state index contributed by atoms with van der Waals surface area (Å²) >= 11 is 3.55. The van der Waals surface area contributed by atoms with E-state index < -0.39 is 12.0 Å². The molecule has 0 spiro atoms. The summed E-state index contributed by atoms with van der Waals surface area (Å²) in [7, 11) is 0. The number of rotatable bonds is 6. The van der Waals surface area contributed by atoms with Crippen LogP contribution in [0.3, 0.4) is 0 Å². The second-order valence-corrected chi connectivity index (χ2v) is 6.88. The smallest absolute Gasteiger partial charge is 0.281 e. The number of halogens is 1. The van der Waals surface area contributed by atoms with Gasteiger partial charge in [-0.3, -0.25) is 4.79 Å². The number of hydrogen-bond donors (Lipinski definition) is 3. The van der Waals surface area contributed by atoms with Crippen molar-refractivity contribution in [2.45, 2.75) is 19.4 Å². The molecule has 7 heteroatoms. The summed E-state index contributed by atoms with van der Waals surface area (Å²) in [5.74, 6) is -0.0292. The number of phenolic OH excluding ortho intramolecular Hbond substituents is 2. The number of hydrazone groups is 1. The van der Waals surface area contributed by atoms with Gasteiger partial charge in [-0.05, 0) is 51.3 Å². The fourth-order valence-electron chi connectivity index (χ4n) is 2.66. The maximum atomic E-state index is 12.4. The molecule has 28 heavy (non-hydrogen) atoms. The molecule has 6 nitrogen and oxygen atoms in total. The lowest BCUT2D eigenvalue weighted by Crippen LogP contribution is -2.35. The molecule has 0 aliphatic rings. The molecule has 144 valence electrons. The molecule has 0 heterocycles. The van der Waals surface area contributed by atoms with Gasteiger partial charge < -0.3 is 14.9 Å². The second-order valence-electron chi connectivity index (χ2n) is 6.09. The molecule has 1 amide bonds. The Labute approximate surface area is 170 Å². The van der Waals surface area contributed by atoms with Crippen molar-refractivity contribution in [2.24, 2.45) is 5.10 Å². The van der Waals surface area contributed by atoms with Crippen molar-refractivity contribution in [3.63, 3.8) is 0 Å². The lowest BCUT2D eigenvalue weighted by atomic mass is 10.1. The molecule has 3 aromatic rings. The van der Waals surface area contributed by atoms with Crippen LogP contribution in [0.5, 0.6) is 17.2 Å². The Morgan fingerprint density at radius 2 is 2.00 bits per heavy atom. The normalized spacial score (nSPS) is 12.2. The number of phenols is 2. The van der Waals surface area contributed by atoms with Gasteiger partial charge in [0.2, 0.25) is 0 Å². The van der Waals surface area contributed by atoms with E-state index >= 15 is 0 Å². The molecule has 0 aromatic heterocycles. The Kier molecular flexibility index (Phi) is 6.16. The summed E-state index contributed by atoms with van der Waals surface area (Å²) in [6.45, 7) is 1.84. The van der Waals surface area contributed by atoms with E-state index in [2.05, 4.69) is 26.5 Å². The number of ether oxygens (including phenoxy) is 1. The van der Waals surface area contributed by atoms with E-state index in [-0.39, 0.29) is 11.5 Å². The van der Waals surface area contributed by atoms with Gasteiger partial charge in [-0.15, -0.1) is 0 Å². The van der Waals surface area contributed by atoms with E-state index in [9.17, 15) is 15.0 Å². The molecule has 0 bridgehead atoms. The predicted octanol–water partition coefficient (Wildman–Crippen LogP) is 4.32. The van der Waals surface area contributed by atoms with Gasteiger partial charge in [0, 0.05) is 11.6 Å². The van der Waals surface area contributed by atoms with Crippen molar-refractivity contribution < 1.29 is 19.7 Å². The van der Waals surface area contributed by atoms with E-state index in [0.717, 1.165) is 15.2 Å². The van der Waals surface area contributed by atoms with Crippen molar-refractivity contribution in [3.05, 3.63) is 64.6 Å². The minimum Gasteiger partial charge on any atom is -0.508 e. The minimum atomic E-state index is -0.733. The van der Waals surface area contributed by atoms with Gasteiger partial charge in [-0.2, -0.15) is 5.10 Å². The number of benzene rings is 3. The summed E-state index contributed by atoms with van der Waals surface area (Å²) in [6.07, 6.45) is 1.01. The summed E-state index contributed by atoms with van der Waals surface area (Å²) in [6, 6.07) is 15.7. The van der Waals surface area contributed by atoms with Crippen LogP contribution in [0.4, 0.5) is 0 Å². The third kappa shape index (κ3) is 4.43. The van der Waals surface area contributed by atoms with Gasteiger partial charge in [-0.25, -0.2) is 5.43 Å². The van der Waals surface area contributed by atoms with Gasteiger partial charge in [0.25, 0.3) is 5.91 Å². The Bertz CT molecular complexity index is 1040. The standard InChI is InChI=1S/C21H19BrN2O4/c1-2-18(21(27)24-23-12-14-7-9-15(25)11-17(14)26)28-19-10-8-13-5-3-4-6-16(13)20(19)22/h3-12,18,25-26H,2H2,1H3,(H,24,27)/b23-12-/t18-/m0/s1. The van der Waals surface area contributed by atoms with Crippen LogP contribution in [0.15, 0.2) is 64.2 Å². The molecule has 0 fully saturated rings. The Hall–Kier alpha value is -3.06. The molecule has 0 unspecified atom stereocenters. The van der Waals surface area contributed by atoms with Crippen LogP contribution in [-0.2, 0) is 4.79 Å². The third-order valence-corrected chi connectivity index (χ3v) is 4.97. The molecule has 0 saturated carbocycles. The first-order valence-electron chi connectivity index (χ1n) is 8.68. The highest BCUT2D eigenvalue weighted by Gasteiger charge is 2.19. The second kappa shape index (κ2) is 8.75. The van der Waals surface area contributed by atoms with Crippen molar-refractivity contribution in [1.82, 2.24) is 5.43 Å². The molecule has 0 saturated heterocycles. The van der Waals surface area contributed by atoms with Crippen molar-refractivity contribution in [3.8, 4) is 17.2 Å². The molecular formula is C21H19BrN2O4. The largest absolute Gasteiger partial charge is 0.508 e. The molecule has 0 radical (unpaired) electrons. The maximum absolute atomic E-state index is 12.4. The van der Waals surface area contributed by atoms with Crippen molar-refractivity contribution in [2.75, 3.05) is 0 Å². The van der Waals surface area contributed by atoms with Crippen LogP contribution in [0.1, 0.15) is 18.9 Å². The topological polar surface area (TPSA) is 91.2 Å². The molecule has 3 aromatic carbocycles. The number of aromatic hydroxyl groups is 2. The maximum Gasteiger partial charge on any atom is 0.281 e. The monoisotopic (exact) mass is 442 g/mol. The minimum absolute atomic E-state index is 0.0564. The number of fused-ring (bicyclic) bond motifs is 1. The SMILES string of the molecule is CC[C@H](Oc1ccc2ccccc2c1Br)C(=O)N/N=C\c1ccc(O)cc1O. The number of amides is 1. The zero-order valence-electron chi connectivity index (χ0n) is 15.1. The van der Waals surface area contributed by atoms with Crippen molar-refractivity contribution >= 4 is 38.8 Å². The van der Waals surface area contributed by atoms with E-state index in [4.69, 9.17) is 4.74 Å². The van der Waals surface area contributed by atoms with Gasteiger partial charge >= 0.3 is 0 Å². The Balaban J connectivity index is 1.70. The number of nitrogens with zero attached hydrogens (tertiary/aromatic N) is 1. The molecular weight excluding hydrogens is 424 g/mol. The van der Waals surface area contributed by atoms with Crippen LogP contribution in [0, 0.1) is 0 Å². The zero-order chi connectivity index (χ0) is 20.1. The Morgan fingerprint density at radius 1 is 1.21 bits per heavy atom. The van der Waals surface area contributed by atoms with Crippen LogP contribution in [-0.4, -0.2) is 28.4 Å². The van der Waals surface area contributed by atoms with Gasteiger partial charge in [-0.1, -0.05) is 37.3 Å². The number of carbonyl (C=O) groups excluding carboxylic acids is 1. The highest BCUT2D eigenvalue weighted by atomic mass is 79.9. The predicted molar refractivity (Wildman–Crippen MR) is 112 cm³/mol. The average molecular weight is 443 g/mol. The van der Waals surface area contributed by atoms with E-state index in [1.54, 1.807) is 0 Å². The van der Waals surface area contributed by atoms with Crippen LogP contribution < -0.4 is 10.2 Å². The highest BCUT2D eigenvalue weighted by molar-refractivity contribution is 9.10. The summed E-state index contributed by atoms with van der Waals surface area (Å²) in [5.41, 5.74) is 2.78. The van der Waals surface area contributed by atoms with Crippen LogP contribution in [0.25, 0.3) is 10.8 Å². The third-order valence-electron chi connectivity index (χ3n) is 4.15. The molecule has 0 aliphatic carbocycles. The first kappa shape index (κ1) is 19.7. The van der Waals surface area contributed by atoms with E-state index in [1.165, 1.54) is 24.4 Å². The fourth-order valence-corrected chi connectivity index (χ4v) is 3.25. The molecule has 3 N–H and O–H groups in total. The quantitative estimate of drug-likeness (QED) is 0.391. The number of hydrogen-bond acceptors (Lipinski definition) is 5. The van der Waals surface area contributed by atoms with Crippen LogP contribution in [0.2, 0.25) is 0 Å². The zero-order valence-corrected chi connectivity index (χ0v) is 16.7. The summed E-state index contributed by atoms with van der Waals surface area (Å²) < 4.78 is 6.68. The molecule has 0 aliphatic heterocycles. The van der Waals surface area contributed by atoms with E-state index in [1.807, 2.05) is 43.3 Å². The number of carbonyl (C=O) groups is 1. The highest BCUT2D eigenvalue weighted by Crippen LogP contribution is 2.33. The van der Waals surface area contributed by atoms with Crippen LogP contribution >= 0.6 is 15.9 Å². The van der Waals surface area contributed by atoms with Gasteiger partial charge in [0.05, 0.1) is 10.7 Å². The number of nitrogens with one attached hydrogen (secondary N) is 1. The van der Waals surface area contributed by atoms with Crippen molar-refractivity contribution in [1.29, 1.82) is 0 Å². The summed E-state index contributed by atoms with van der Waals surface area (Å²) in [5, 5.41) is 24.9. The molecule has 1 atom stereocenters. The Morgan fingerprint density at radius 3 is 2.75 bits per heavy atom. The first-order chi connectivity index (χ1) is 13.5. The lowest BCUT2D eigenvalue weighted by Gasteiger charge is -2.17. The first-order valence-corrected chi connectivity index (χ1v) is 9.47. The fraction of sp³-hybridized carbons (Fsp3) is 0.143. The van der Waals surface area contributed by atoms with Gasteiger partial charge in [0.1, 0.15) is 17.2 Å². The average Bonchev–Trinajstić information content (AvgIpc) is 2.69. The summed E-state index contributed by atoms with van der Waals surface area (Å²) in [4.78, 5) is 12.4. The van der Waals surface area contributed by atoms with E-state index in [0.29, 0.717) is 17.7 Å². The van der Waals surface area contributed by atoms with Gasteiger partial charge in [0.15, 0.2) is 6.10 Å².